The van der Waals surface area contributed by atoms with Gasteiger partial charge >= 0.3 is 0 Å². The van der Waals surface area contributed by atoms with Crippen molar-refractivity contribution in [3.63, 3.8) is 0 Å². The zero-order valence-electron chi connectivity index (χ0n) is 17.2. The Labute approximate surface area is 195 Å². The topological polar surface area (TPSA) is 41.9 Å². The molecule has 0 aliphatic carbocycles. The first-order valence-electron chi connectivity index (χ1n) is 10.0. The highest BCUT2D eigenvalue weighted by molar-refractivity contribution is 9.10. The number of methoxy groups -OCH3 is 1. The number of thioether (sulfide) groups is 1. The molecule has 1 heterocycles. The number of amides is 1. The summed E-state index contributed by atoms with van der Waals surface area (Å²) in [7, 11) is 1.65. The number of carbonyl (C=O) groups excluding carboxylic acids is 1. The summed E-state index contributed by atoms with van der Waals surface area (Å²) in [6, 6.07) is 26.0. The first kappa shape index (κ1) is 21.7. The van der Waals surface area contributed by atoms with E-state index in [4.69, 9.17) is 9.84 Å². The van der Waals surface area contributed by atoms with Crippen molar-refractivity contribution >= 4 is 39.3 Å². The van der Waals surface area contributed by atoms with E-state index in [0.29, 0.717) is 12.2 Å². The molecule has 0 fully saturated rings. The van der Waals surface area contributed by atoms with E-state index in [-0.39, 0.29) is 11.9 Å². The van der Waals surface area contributed by atoms with E-state index in [0.717, 1.165) is 32.8 Å². The molecule has 31 heavy (non-hydrogen) atoms. The average molecular weight is 495 g/mol. The van der Waals surface area contributed by atoms with Gasteiger partial charge in [0.25, 0.3) is 5.91 Å². The molecule has 158 valence electrons. The van der Waals surface area contributed by atoms with E-state index in [9.17, 15) is 4.79 Å². The molecule has 4 rings (SSSR count). The van der Waals surface area contributed by atoms with Crippen LogP contribution in [0.3, 0.4) is 0 Å². The number of hydrazone groups is 1. The standard InChI is InChI=1S/C25H23BrN2O2S/c1-30-22-13-9-20(10-14-22)24-15-23(19-7-11-21(26)12-8-19)27-28(24)25(29)17-31-16-18-5-3-2-4-6-18/h2-14,24H,15-17H2,1H3. The van der Waals surface area contributed by atoms with Crippen LogP contribution in [0, 0.1) is 0 Å². The van der Waals surface area contributed by atoms with Gasteiger partial charge in [-0.25, -0.2) is 5.01 Å². The minimum Gasteiger partial charge on any atom is -0.497 e. The lowest BCUT2D eigenvalue weighted by Crippen LogP contribution is -2.28. The molecule has 1 aliphatic rings. The lowest BCUT2D eigenvalue weighted by molar-refractivity contribution is -0.130. The van der Waals surface area contributed by atoms with Crippen LogP contribution >= 0.6 is 27.7 Å². The summed E-state index contributed by atoms with van der Waals surface area (Å²) in [4.78, 5) is 13.1. The van der Waals surface area contributed by atoms with Gasteiger partial charge in [-0.15, -0.1) is 11.8 Å². The van der Waals surface area contributed by atoms with Gasteiger partial charge < -0.3 is 4.74 Å². The van der Waals surface area contributed by atoms with Gasteiger partial charge in [-0.2, -0.15) is 5.10 Å². The normalized spacial score (nSPS) is 15.6. The van der Waals surface area contributed by atoms with Crippen molar-refractivity contribution in [3.8, 4) is 5.75 Å². The molecule has 0 N–H and O–H groups in total. The zero-order chi connectivity index (χ0) is 21.6. The molecular formula is C25H23BrN2O2S. The van der Waals surface area contributed by atoms with Gasteiger partial charge in [-0.05, 0) is 41.0 Å². The predicted molar refractivity (Wildman–Crippen MR) is 130 cm³/mol. The Morgan fingerprint density at radius 2 is 1.77 bits per heavy atom. The van der Waals surface area contributed by atoms with E-state index < -0.39 is 0 Å². The molecule has 0 bridgehead atoms. The van der Waals surface area contributed by atoms with E-state index >= 15 is 0 Å². The molecular weight excluding hydrogens is 472 g/mol. The smallest absolute Gasteiger partial charge is 0.253 e. The van der Waals surface area contributed by atoms with Crippen LogP contribution in [0.15, 0.2) is 88.4 Å². The van der Waals surface area contributed by atoms with Crippen LogP contribution in [0.5, 0.6) is 5.75 Å². The van der Waals surface area contributed by atoms with Crippen molar-refractivity contribution in [1.29, 1.82) is 0 Å². The first-order chi connectivity index (χ1) is 15.1. The fourth-order valence-corrected chi connectivity index (χ4v) is 4.64. The van der Waals surface area contributed by atoms with E-state index in [1.54, 1.807) is 23.9 Å². The third-order valence-corrected chi connectivity index (χ3v) is 6.70. The van der Waals surface area contributed by atoms with Crippen molar-refractivity contribution in [2.75, 3.05) is 12.9 Å². The molecule has 1 unspecified atom stereocenters. The molecule has 1 amide bonds. The Hall–Kier alpha value is -2.57. The van der Waals surface area contributed by atoms with E-state index in [1.807, 2.05) is 66.7 Å². The van der Waals surface area contributed by atoms with Crippen LogP contribution in [0.25, 0.3) is 0 Å². The molecule has 0 saturated heterocycles. The van der Waals surface area contributed by atoms with Crippen molar-refractivity contribution in [2.24, 2.45) is 5.10 Å². The second-order valence-electron chi connectivity index (χ2n) is 7.26. The molecule has 0 radical (unpaired) electrons. The number of hydrogen-bond donors (Lipinski definition) is 0. The van der Waals surface area contributed by atoms with Crippen LogP contribution in [-0.4, -0.2) is 29.5 Å². The molecule has 1 aliphatic heterocycles. The van der Waals surface area contributed by atoms with Gasteiger partial charge in [-0.3, -0.25) is 4.79 Å². The van der Waals surface area contributed by atoms with Gasteiger partial charge in [0.05, 0.1) is 24.6 Å². The van der Waals surface area contributed by atoms with Gasteiger partial charge in [0.15, 0.2) is 0 Å². The summed E-state index contributed by atoms with van der Waals surface area (Å²) < 4.78 is 6.31. The maximum atomic E-state index is 13.1. The Kier molecular flexibility index (Phi) is 7.10. The molecule has 0 spiro atoms. The van der Waals surface area contributed by atoms with Gasteiger partial charge in [0, 0.05) is 16.6 Å². The lowest BCUT2D eigenvalue weighted by Gasteiger charge is -2.22. The largest absolute Gasteiger partial charge is 0.497 e. The number of nitrogens with zero attached hydrogens (tertiary/aromatic N) is 2. The second-order valence-corrected chi connectivity index (χ2v) is 9.16. The number of hydrogen-bond acceptors (Lipinski definition) is 4. The first-order valence-corrected chi connectivity index (χ1v) is 12.0. The highest BCUT2D eigenvalue weighted by Crippen LogP contribution is 2.34. The third-order valence-electron chi connectivity index (χ3n) is 5.18. The van der Waals surface area contributed by atoms with Gasteiger partial charge in [0.2, 0.25) is 0 Å². The zero-order valence-corrected chi connectivity index (χ0v) is 19.6. The van der Waals surface area contributed by atoms with Crippen molar-refractivity contribution in [3.05, 3.63) is 100 Å². The summed E-state index contributed by atoms with van der Waals surface area (Å²) >= 11 is 5.10. The van der Waals surface area contributed by atoms with Crippen molar-refractivity contribution < 1.29 is 9.53 Å². The van der Waals surface area contributed by atoms with E-state index in [2.05, 4.69) is 28.1 Å². The minimum atomic E-state index is -0.116. The van der Waals surface area contributed by atoms with Gasteiger partial charge in [0.1, 0.15) is 5.75 Å². The maximum Gasteiger partial charge on any atom is 0.253 e. The predicted octanol–water partition coefficient (Wildman–Crippen LogP) is 6.07. The molecule has 0 saturated carbocycles. The number of rotatable bonds is 7. The van der Waals surface area contributed by atoms with Crippen LogP contribution < -0.4 is 4.74 Å². The van der Waals surface area contributed by atoms with Crippen molar-refractivity contribution in [2.45, 2.75) is 18.2 Å². The van der Waals surface area contributed by atoms with Crippen LogP contribution in [0.2, 0.25) is 0 Å². The summed E-state index contributed by atoms with van der Waals surface area (Å²) in [5.74, 6) is 2.01. The lowest BCUT2D eigenvalue weighted by atomic mass is 9.98. The average Bonchev–Trinajstić information content (AvgIpc) is 3.26. The molecule has 1 atom stereocenters. The van der Waals surface area contributed by atoms with Crippen LogP contribution in [-0.2, 0) is 10.5 Å². The Balaban J connectivity index is 1.52. The summed E-state index contributed by atoms with van der Waals surface area (Å²) in [6.07, 6.45) is 0.684. The number of carbonyl (C=O) groups is 1. The number of ether oxygens (including phenoxy) is 1. The summed E-state index contributed by atoms with van der Waals surface area (Å²) in [5, 5.41) is 6.42. The molecule has 3 aromatic carbocycles. The quantitative estimate of drug-likeness (QED) is 0.400. The van der Waals surface area contributed by atoms with Gasteiger partial charge in [-0.1, -0.05) is 70.5 Å². The number of halogens is 1. The van der Waals surface area contributed by atoms with Crippen LogP contribution in [0.4, 0.5) is 0 Å². The summed E-state index contributed by atoms with van der Waals surface area (Å²) in [6.45, 7) is 0. The molecule has 0 aromatic heterocycles. The monoisotopic (exact) mass is 494 g/mol. The SMILES string of the molecule is COc1ccc(C2CC(c3ccc(Br)cc3)=NN2C(=O)CSCc2ccccc2)cc1. The maximum absolute atomic E-state index is 13.1. The molecule has 3 aromatic rings. The Bertz CT molecular complexity index is 1050. The van der Waals surface area contributed by atoms with Crippen molar-refractivity contribution in [1.82, 2.24) is 5.01 Å². The minimum absolute atomic E-state index is 0.0221. The summed E-state index contributed by atoms with van der Waals surface area (Å²) in [5.41, 5.74) is 4.23. The fourth-order valence-electron chi connectivity index (χ4n) is 3.54. The fraction of sp³-hybridized carbons (Fsp3) is 0.200. The molecule has 6 heteroatoms. The van der Waals surface area contributed by atoms with Crippen LogP contribution in [0.1, 0.15) is 29.2 Å². The molecule has 4 nitrogen and oxygen atoms in total. The Morgan fingerprint density at radius 3 is 2.45 bits per heavy atom. The third kappa shape index (κ3) is 5.38. The number of benzene rings is 3. The Morgan fingerprint density at radius 1 is 1.06 bits per heavy atom. The van der Waals surface area contributed by atoms with E-state index in [1.165, 1.54) is 5.56 Å². The highest BCUT2D eigenvalue weighted by atomic mass is 79.9. The highest BCUT2D eigenvalue weighted by Gasteiger charge is 2.32. The second kappa shape index (κ2) is 10.2.